The predicted octanol–water partition coefficient (Wildman–Crippen LogP) is 4.66. The molecule has 2 saturated heterocycles. The molecule has 1 atom stereocenters. The number of para-hydroxylation sites is 2. The van der Waals surface area contributed by atoms with Crippen LogP contribution in [0.2, 0.25) is 5.02 Å². The van der Waals surface area contributed by atoms with Crippen molar-refractivity contribution in [1.82, 2.24) is 0 Å². The van der Waals surface area contributed by atoms with E-state index in [1.54, 1.807) is 36.4 Å². The van der Waals surface area contributed by atoms with E-state index >= 15 is 0 Å². The fourth-order valence-electron chi connectivity index (χ4n) is 4.19. The molecule has 32 heavy (non-hydrogen) atoms. The minimum Gasteiger partial charge on any atom is -0.489 e. The molecule has 2 aromatic carbocycles. The maximum atomic E-state index is 12.9. The standard InChI is InChI=1S/C23H26ClN3O5/c24-17-7-8-22(32-15-18-4-3-13-31-18)19(14-17)25-23(28)16-9-11-26(12-10-16)20-5-1-2-6-21(20)27(29)30/h1-2,5-8,14,16,18H,3-4,9-13,15H2,(H,25,28). The number of benzene rings is 2. The summed E-state index contributed by atoms with van der Waals surface area (Å²) in [6, 6.07) is 11.9. The first-order valence-corrected chi connectivity index (χ1v) is 11.2. The lowest BCUT2D eigenvalue weighted by atomic mass is 9.95. The fourth-order valence-corrected chi connectivity index (χ4v) is 4.36. The summed E-state index contributed by atoms with van der Waals surface area (Å²) in [4.78, 5) is 25.9. The molecular formula is C23H26ClN3O5. The number of nitrogens with zero attached hydrogens (tertiary/aromatic N) is 2. The maximum Gasteiger partial charge on any atom is 0.292 e. The second-order valence-corrected chi connectivity index (χ2v) is 8.52. The van der Waals surface area contributed by atoms with Crippen molar-refractivity contribution in [1.29, 1.82) is 0 Å². The number of carbonyl (C=O) groups is 1. The van der Waals surface area contributed by atoms with E-state index in [-0.39, 0.29) is 28.5 Å². The Morgan fingerprint density at radius 3 is 2.72 bits per heavy atom. The van der Waals surface area contributed by atoms with Crippen LogP contribution in [0.15, 0.2) is 42.5 Å². The number of nitrogens with one attached hydrogen (secondary N) is 1. The first-order valence-electron chi connectivity index (χ1n) is 10.8. The monoisotopic (exact) mass is 459 g/mol. The molecule has 1 amide bonds. The Morgan fingerprint density at radius 2 is 2.00 bits per heavy atom. The zero-order valence-electron chi connectivity index (χ0n) is 17.7. The highest BCUT2D eigenvalue weighted by molar-refractivity contribution is 6.31. The Hall–Kier alpha value is -2.84. The van der Waals surface area contributed by atoms with E-state index in [0.29, 0.717) is 54.7 Å². The van der Waals surface area contributed by atoms with Crippen molar-refractivity contribution in [3.63, 3.8) is 0 Å². The number of halogens is 1. The van der Waals surface area contributed by atoms with Crippen LogP contribution in [0.25, 0.3) is 0 Å². The summed E-state index contributed by atoms with van der Waals surface area (Å²) in [6.45, 7) is 2.32. The van der Waals surface area contributed by atoms with Gasteiger partial charge in [-0.2, -0.15) is 0 Å². The number of nitro groups is 1. The van der Waals surface area contributed by atoms with E-state index < -0.39 is 0 Å². The van der Waals surface area contributed by atoms with E-state index in [1.807, 2.05) is 4.90 Å². The molecule has 0 aliphatic carbocycles. The average Bonchev–Trinajstić information content (AvgIpc) is 3.32. The normalized spacial score (nSPS) is 19.0. The first kappa shape index (κ1) is 22.4. The summed E-state index contributed by atoms with van der Waals surface area (Å²) < 4.78 is 11.5. The van der Waals surface area contributed by atoms with Crippen LogP contribution < -0.4 is 15.0 Å². The summed E-state index contributed by atoms with van der Waals surface area (Å²) in [6.07, 6.45) is 3.27. The van der Waals surface area contributed by atoms with Crippen molar-refractivity contribution >= 4 is 34.6 Å². The smallest absolute Gasteiger partial charge is 0.292 e. The number of hydrogen-bond acceptors (Lipinski definition) is 6. The van der Waals surface area contributed by atoms with E-state index in [0.717, 1.165) is 19.4 Å². The molecule has 0 saturated carbocycles. The number of ether oxygens (including phenoxy) is 2. The van der Waals surface area contributed by atoms with Crippen LogP contribution in [0.1, 0.15) is 25.7 Å². The third kappa shape index (κ3) is 5.31. The highest BCUT2D eigenvalue weighted by Crippen LogP contribution is 2.33. The zero-order chi connectivity index (χ0) is 22.5. The molecule has 1 N–H and O–H groups in total. The fraction of sp³-hybridized carbons (Fsp3) is 0.435. The van der Waals surface area contributed by atoms with Gasteiger partial charge in [0.1, 0.15) is 18.0 Å². The molecule has 0 bridgehead atoms. The topological polar surface area (TPSA) is 93.9 Å². The summed E-state index contributed by atoms with van der Waals surface area (Å²) in [5, 5.41) is 14.8. The minimum atomic E-state index is -0.370. The van der Waals surface area contributed by atoms with Gasteiger partial charge in [-0.1, -0.05) is 23.7 Å². The third-order valence-corrected chi connectivity index (χ3v) is 6.17. The number of carbonyl (C=O) groups excluding carboxylic acids is 1. The number of hydrogen-bond donors (Lipinski definition) is 1. The van der Waals surface area contributed by atoms with Crippen molar-refractivity contribution in [3.05, 3.63) is 57.6 Å². The van der Waals surface area contributed by atoms with Gasteiger partial charge < -0.3 is 19.7 Å². The average molecular weight is 460 g/mol. The maximum absolute atomic E-state index is 12.9. The van der Waals surface area contributed by atoms with Gasteiger partial charge in [0, 0.05) is 36.7 Å². The van der Waals surface area contributed by atoms with Gasteiger partial charge in [0.2, 0.25) is 5.91 Å². The summed E-state index contributed by atoms with van der Waals surface area (Å²) in [7, 11) is 0. The second-order valence-electron chi connectivity index (χ2n) is 8.08. The molecule has 4 rings (SSSR count). The van der Waals surface area contributed by atoms with Crippen LogP contribution in [0, 0.1) is 16.0 Å². The second kappa shape index (κ2) is 10.2. The number of amides is 1. The molecule has 0 radical (unpaired) electrons. The molecule has 8 nitrogen and oxygen atoms in total. The van der Waals surface area contributed by atoms with Gasteiger partial charge in [-0.15, -0.1) is 0 Å². The lowest BCUT2D eigenvalue weighted by Crippen LogP contribution is -2.38. The molecule has 2 fully saturated rings. The SMILES string of the molecule is O=C(Nc1cc(Cl)ccc1OCC1CCCO1)C1CCN(c2ccccc2[N+](=O)[O-])CC1. The van der Waals surface area contributed by atoms with E-state index in [9.17, 15) is 14.9 Å². The molecule has 0 spiro atoms. The van der Waals surface area contributed by atoms with Gasteiger partial charge >= 0.3 is 0 Å². The lowest BCUT2D eigenvalue weighted by Gasteiger charge is -2.32. The lowest BCUT2D eigenvalue weighted by molar-refractivity contribution is -0.384. The van der Waals surface area contributed by atoms with Crippen LogP contribution in [-0.2, 0) is 9.53 Å². The molecule has 2 aromatic rings. The first-order chi connectivity index (χ1) is 15.5. The molecule has 2 aliphatic heterocycles. The van der Waals surface area contributed by atoms with Gasteiger partial charge in [-0.3, -0.25) is 14.9 Å². The summed E-state index contributed by atoms with van der Waals surface area (Å²) in [5.74, 6) is 0.269. The van der Waals surface area contributed by atoms with Gasteiger partial charge in [0.15, 0.2) is 0 Å². The van der Waals surface area contributed by atoms with Crippen LogP contribution >= 0.6 is 11.6 Å². The van der Waals surface area contributed by atoms with Crippen molar-refractivity contribution in [3.8, 4) is 5.75 Å². The number of nitro benzene ring substituents is 1. The number of rotatable bonds is 7. The largest absolute Gasteiger partial charge is 0.489 e. The van der Waals surface area contributed by atoms with Crippen molar-refractivity contribution in [2.75, 3.05) is 36.5 Å². The third-order valence-electron chi connectivity index (χ3n) is 5.93. The van der Waals surface area contributed by atoms with Crippen molar-refractivity contribution < 1.29 is 19.2 Å². The number of piperidine rings is 1. The van der Waals surface area contributed by atoms with Gasteiger partial charge in [0.05, 0.1) is 16.7 Å². The van der Waals surface area contributed by atoms with Gasteiger partial charge in [0.25, 0.3) is 5.69 Å². The molecule has 9 heteroatoms. The summed E-state index contributed by atoms with van der Waals surface area (Å²) in [5.41, 5.74) is 1.22. The Labute approximate surface area is 191 Å². The van der Waals surface area contributed by atoms with E-state index in [4.69, 9.17) is 21.1 Å². The molecule has 2 aliphatic rings. The van der Waals surface area contributed by atoms with Crippen LogP contribution in [0.3, 0.4) is 0 Å². The van der Waals surface area contributed by atoms with Crippen molar-refractivity contribution in [2.45, 2.75) is 31.8 Å². The Morgan fingerprint density at radius 1 is 1.22 bits per heavy atom. The molecule has 0 aromatic heterocycles. The highest BCUT2D eigenvalue weighted by atomic mass is 35.5. The zero-order valence-corrected chi connectivity index (χ0v) is 18.4. The quantitative estimate of drug-likeness (QED) is 0.478. The molecule has 1 unspecified atom stereocenters. The minimum absolute atomic E-state index is 0.0700. The molecular weight excluding hydrogens is 434 g/mol. The Balaban J connectivity index is 1.37. The summed E-state index contributed by atoms with van der Waals surface area (Å²) >= 11 is 6.15. The Kier molecular flexibility index (Phi) is 7.12. The van der Waals surface area contributed by atoms with Gasteiger partial charge in [-0.05, 0) is 49.9 Å². The van der Waals surface area contributed by atoms with Crippen LogP contribution in [0.5, 0.6) is 5.75 Å². The number of anilines is 2. The van der Waals surface area contributed by atoms with Crippen LogP contribution in [0.4, 0.5) is 17.1 Å². The Bertz CT molecular complexity index is 972. The van der Waals surface area contributed by atoms with E-state index in [2.05, 4.69) is 5.32 Å². The van der Waals surface area contributed by atoms with Gasteiger partial charge in [-0.25, -0.2) is 0 Å². The molecule has 170 valence electrons. The van der Waals surface area contributed by atoms with E-state index in [1.165, 1.54) is 6.07 Å². The highest BCUT2D eigenvalue weighted by Gasteiger charge is 2.28. The molecule has 2 heterocycles. The van der Waals surface area contributed by atoms with Crippen molar-refractivity contribution in [2.24, 2.45) is 5.92 Å². The predicted molar refractivity (Wildman–Crippen MR) is 123 cm³/mol. The van der Waals surface area contributed by atoms with Crippen LogP contribution in [-0.4, -0.2) is 43.2 Å².